The molecule has 1 aliphatic heterocycles. The van der Waals surface area contributed by atoms with E-state index in [9.17, 15) is 9.59 Å². The van der Waals surface area contributed by atoms with Crippen LogP contribution in [-0.4, -0.2) is 25.5 Å². The molecule has 0 radical (unpaired) electrons. The molecule has 0 saturated carbocycles. The van der Waals surface area contributed by atoms with Crippen molar-refractivity contribution in [1.82, 2.24) is 5.32 Å². The molecular formula is C6H10ClNO3. The molecule has 1 rings (SSSR count). The fraction of sp³-hybridized carbons (Fsp3) is 0.667. The maximum absolute atomic E-state index is 10.8. The summed E-state index contributed by atoms with van der Waals surface area (Å²) in [5.74, 6) is -1.22. The van der Waals surface area contributed by atoms with Crippen LogP contribution in [0.1, 0.15) is 6.42 Å². The van der Waals surface area contributed by atoms with E-state index in [-0.39, 0.29) is 18.3 Å². The van der Waals surface area contributed by atoms with Crippen LogP contribution in [0.5, 0.6) is 0 Å². The van der Waals surface area contributed by atoms with Gasteiger partial charge in [-0.15, -0.1) is 12.4 Å². The van der Waals surface area contributed by atoms with Crippen molar-refractivity contribution in [2.24, 2.45) is 5.92 Å². The van der Waals surface area contributed by atoms with Crippen molar-refractivity contribution in [3.8, 4) is 0 Å². The lowest BCUT2D eigenvalue weighted by Crippen LogP contribution is -2.25. The maximum atomic E-state index is 10.8. The number of halogens is 1. The average Bonchev–Trinajstić information content (AvgIpc) is 2.34. The van der Waals surface area contributed by atoms with Crippen LogP contribution < -0.4 is 5.32 Å². The second kappa shape index (κ2) is 4.18. The maximum Gasteiger partial charge on any atom is 0.318 e. The smallest absolute Gasteiger partial charge is 0.318 e. The van der Waals surface area contributed by atoms with Gasteiger partial charge in [-0.25, -0.2) is 0 Å². The molecule has 1 saturated heterocycles. The quantitative estimate of drug-likeness (QED) is 0.445. The van der Waals surface area contributed by atoms with Crippen LogP contribution in [0, 0.1) is 5.92 Å². The van der Waals surface area contributed by atoms with Gasteiger partial charge in [0.25, 0.3) is 0 Å². The van der Waals surface area contributed by atoms with E-state index in [1.54, 1.807) is 0 Å². The number of esters is 1. The van der Waals surface area contributed by atoms with E-state index in [0.29, 0.717) is 13.0 Å². The number of amides is 1. The molecule has 0 aromatic heterocycles. The molecule has 0 aliphatic carbocycles. The molecule has 1 heterocycles. The highest BCUT2D eigenvalue weighted by Crippen LogP contribution is 2.09. The van der Waals surface area contributed by atoms with Crippen molar-refractivity contribution in [2.75, 3.05) is 13.7 Å². The zero-order valence-corrected chi connectivity index (χ0v) is 6.94. The van der Waals surface area contributed by atoms with Crippen LogP contribution in [0.2, 0.25) is 0 Å². The Labute approximate surface area is 70.7 Å². The van der Waals surface area contributed by atoms with Crippen molar-refractivity contribution >= 4 is 24.3 Å². The third-order valence-corrected chi connectivity index (χ3v) is 1.53. The molecule has 1 aliphatic rings. The molecule has 0 aromatic rings. The summed E-state index contributed by atoms with van der Waals surface area (Å²) in [7, 11) is 1.29. The Morgan fingerprint density at radius 2 is 2.36 bits per heavy atom. The van der Waals surface area contributed by atoms with Crippen LogP contribution in [0.3, 0.4) is 0 Å². The summed E-state index contributed by atoms with van der Waals surface area (Å²) in [6, 6.07) is 0. The van der Waals surface area contributed by atoms with Crippen LogP contribution in [-0.2, 0) is 14.3 Å². The lowest BCUT2D eigenvalue weighted by Gasteiger charge is -2.01. The minimum Gasteiger partial charge on any atom is -0.468 e. The van der Waals surface area contributed by atoms with Gasteiger partial charge in [-0.3, -0.25) is 9.59 Å². The first-order chi connectivity index (χ1) is 4.75. The van der Waals surface area contributed by atoms with Crippen LogP contribution in [0.4, 0.5) is 0 Å². The lowest BCUT2D eigenvalue weighted by atomic mass is 10.1. The Morgan fingerprint density at radius 1 is 1.73 bits per heavy atom. The standard InChI is InChI=1S/C6H9NO3.ClH/c1-10-6(9)4-2-3-7-5(4)8;/h4H,2-3H2,1H3,(H,7,8);1H. The number of carbonyl (C=O) groups is 2. The van der Waals surface area contributed by atoms with Crippen LogP contribution >= 0.6 is 12.4 Å². The molecule has 1 fully saturated rings. The largest absolute Gasteiger partial charge is 0.468 e. The second-order valence-corrected chi connectivity index (χ2v) is 2.16. The van der Waals surface area contributed by atoms with Gasteiger partial charge < -0.3 is 10.1 Å². The number of nitrogens with one attached hydrogen (secondary N) is 1. The van der Waals surface area contributed by atoms with E-state index in [0.717, 1.165) is 0 Å². The predicted octanol–water partition coefficient (Wildman–Crippen LogP) is -0.283. The summed E-state index contributed by atoms with van der Waals surface area (Å²) in [5.41, 5.74) is 0. The van der Waals surface area contributed by atoms with Gasteiger partial charge >= 0.3 is 5.97 Å². The van der Waals surface area contributed by atoms with E-state index in [4.69, 9.17) is 0 Å². The van der Waals surface area contributed by atoms with Crippen molar-refractivity contribution in [2.45, 2.75) is 6.42 Å². The molecular weight excluding hydrogens is 170 g/mol. The zero-order chi connectivity index (χ0) is 7.56. The summed E-state index contributed by atoms with van der Waals surface area (Å²) in [6.07, 6.45) is 0.561. The molecule has 0 spiro atoms. The Hall–Kier alpha value is -0.770. The third kappa shape index (κ3) is 2.08. The first-order valence-corrected chi connectivity index (χ1v) is 3.11. The molecule has 4 nitrogen and oxygen atoms in total. The summed E-state index contributed by atoms with van der Waals surface area (Å²) in [5, 5.41) is 2.55. The highest BCUT2D eigenvalue weighted by Gasteiger charge is 2.31. The van der Waals surface area contributed by atoms with Gasteiger partial charge in [0.1, 0.15) is 5.92 Å². The van der Waals surface area contributed by atoms with Crippen molar-refractivity contribution in [3.63, 3.8) is 0 Å². The minimum atomic E-state index is -0.565. The number of hydrogen-bond acceptors (Lipinski definition) is 3. The van der Waals surface area contributed by atoms with Gasteiger partial charge in [0.15, 0.2) is 0 Å². The van der Waals surface area contributed by atoms with E-state index in [1.807, 2.05) is 0 Å². The summed E-state index contributed by atoms with van der Waals surface area (Å²) in [6.45, 7) is 0.582. The SMILES string of the molecule is COC(=O)C1CCNC1=O.Cl. The third-order valence-electron chi connectivity index (χ3n) is 1.53. The molecule has 0 aromatic carbocycles. The number of hydrogen-bond donors (Lipinski definition) is 1. The average molecular weight is 180 g/mol. The topological polar surface area (TPSA) is 55.4 Å². The molecule has 1 N–H and O–H groups in total. The van der Waals surface area contributed by atoms with Gasteiger partial charge in [0.05, 0.1) is 7.11 Å². The van der Waals surface area contributed by atoms with E-state index >= 15 is 0 Å². The summed E-state index contributed by atoms with van der Waals surface area (Å²) >= 11 is 0. The van der Waals surface area contributed by atoms with E-state index in [1.165, 1.54) is 7.11 Å². The highest BCUT2D eigenvalue weighted by atomic mass is 35.5. The zero-order valence-electron chi connectivity index (χ0n) is 6.12. The Bertz CT molecular complexity index is 171. The number of carbonyl (C=O) groups excluding carboxylic acids is 2. The predicted molar refractivity (Wildman–Crippen MR) is 40.4 cm³/mol. The molecule has 5 heteroatoms. The van der Waals surface area contributed by atoms with Gasteiger partial charge in [0.2, 0.25) is 5.91 Å². The molecule has 0 bridgehead atoms. The molecule has 11 heavy (non-hydrogen) atoms. The molecule has 1 unspecified atom stereocenters. The summed E-state index contributed by atoms with van der Waals surface area (Å²) in [4.78, 5) is 21.5. The van der Waals surface area contributed by atoms with E-state index in [2.05, 4.69) is 10.1 Å². The highest BCUT2D eigenvalue weighted by molar-refractivity contribution is 5.99. The van der Waals surface area contributed by atoms with Gasteiger partial charge in [-0.1, -0.05) is 0 Å². The fourth-order valence-electron chi connectivity index (χ4n) is 0.961. The van der Waals surface area contributed by atoms with Crippen molar-refractivity contribution < 1.29 is 14.3 Å². The summed E-state index contributed by atoms with van der Waals surface area (Å²) < 4.78 is 4.40. The van der Waals surface area contributed by atoms with Crippen molar-refractivity contribution in [1.29, 1.82) is 0 Å². The fourth-order valence-corrected chi connectivity index (χ4v) is 0.961. The Balaban J connectivity index is 0.000001000. The van der Waals surface area contributed by atoms with Gasteiger partial charge in [0, 0.05) is 6.54 Å². The van der Waals surface area contributed by atoms with Gasteiger partial charge in [-0.2, -0.15) is 0 Å². The molecule has 1 amide bonds. The Kier molecular flexibility index (Phi) is 3.89. The molecule has 1 atom stereocenters. The van der Waals surface area contributed by atoms with Crippen molar-refractivity contribution in [3.05, 3.63) is 0 Å². The van der Waals surface area contributed by atoms with Gasteiger partial charge in [-0.05, 0) is 6.42 Å². The number of ether oxygens (including phenoxy) is 1. The van der Waals surface area contributed by atoms with Crippen LogP contribution in [0.25, 0.3) is 0 Å². The molecule has 64 valence electrons. The lowest BCUT2D eigenvalue weighted by molar-refractivity contribution is -0.148. The monoisotopic (exact) mass is 179 g/mol. The number of rotatable bonds is 1. The normalized spacial score (nSPS) is 21.9. The van der Waals surface area contributed by atoms with Crippen LogP contribution in [0.15, 0.2) is 0 Å². The van der Waals surface area contributed by atoms with E-state index < -0.39 is 11.9 Å². The first-order valence-electron chi connectivity index (χ1n) is 3.11. The second-order valence-electron chi connectivity index (χ2n) is 2.16. The minimum absolute atomic E-state index is 0. The Morgan fingerprint density at radius 3 is 2.73 bits per heavy atom. The number of methoxy groups -OCH3 is 1. The first kappa shape index (κ1) is 10.2.